The molecule has 0 aliphatic carbocycles. The molecule has 6 heteroatoms. The second kappa shape index (κ2) is 5.07. The predicted molar refractivity (Wildman–Crippen MR) is 81.9 cm³/mol. The number of fused-ring (bicyclic) bond motifs is 1. The van der Waals surface area contributed by atoms with Gasteiger partial charge < -0.3 is 11.2 Å². The number of rotatable bonds is 2. The normalized spacial score (nSPS) is 10.3. The minimum absolute atomic E-state index is 0.168. The molecule has 2 aromatic carbocycles. The van der Waals surface area contributed by atoms with Crippen LogP contribution in [0, 0.1) is 11.3 Å². The lowest BCUT2D eigenvalue weighted by atomic mass is 10.0. The maximum absolute atomic E-state index is 8.83. The Kier molecular flexibility index (Phi) is 3.10. The summed E-state index contributed by atoms with van der Waals surface area (Å²) in [7, 11) is 0. The van der Waals surface area contributed by atoms with Gasteiger partial charge in [-0.3, -0.25) is 0 Å². The number of benzene rings is 2. The highest BCUT2D eigenvalue weighted by Gasteiger charge is 2.07. The Morgan fingerprint density at radius 2 is 1.71 bits per heavy atom. The van der Waals surface area contributed by atoms with Gasteiger partial charge in [-0.1, -0.05) is 18.2 Å². The summed E-state index contributed by atoms with van der Waals surface area (Å²) >= 11 is 0. The molecule has 0 unspecified atom stereocenters. The van der Waals surface area contributed by atoms with Crippen molar-refractivity contribution in [2.24, 2.45) is 5.84 Å². The lowest BCUT2D eigenvalue weighted by molar-refractivity contribution is 1.19. The van der Waals surface area contributed by atoms with Crippen molar-refractivity contribution >= 4 is 22.7 Å². The van der Waals surface area contributed by atoms with Gasteiger partial charge in [0.2, 0.25) is 5.95 Å². The molecule has 3 aromatic rings. The Morgan fingerprint density at radius 3 is 2.38 bits per heavy atom. The molecule has 0 amide bonds. The highest BCUT2D eigenvalue weighted by atomic mass is 15.3. The number of anilines is 2. The molecular formula is C15H12N6. The Labute approximate surface area is 121 Å². The lowest BCUT2D eigenvalue weighted by Crippen LogP contribution is -2.11. The first-order chi connectivity index (χ1) is 10.2. The number of nitrogens with zero attached hydrogens (tertiary/aromatic N) is 3. The van der Waals surface area contributed by atoms with E-state index in [-0.39, 0.29) is 5.95 Å². The van der Waals surface area contributed by atoms with Crippen LogP contribution in [0.3, 0.4) is 0 Å². The average molecular weight is 276 g/mol. The van der Waals surface area contributed by atoms with Gasteiger partial charge in [-0.2, -0.15) is 10.2 Å². The third kappa shape index (κ3) is 2.33. The zero-order valence-corrected chi connectivity index (χ0v) is 11.0. The van der Waals surface area contributed by atoms with Crippen molar-refractivity contribution in [1.82, 2.24) is 9.97 Å². The smallest absolute Gasteiger partial charge is 0.222 e. The van der Waals surface area contributed by atoms with E-state index in [2.05, 4.69) is 21.5 Å². The van der Waals surface area contributed by atoms with Crippen molar-refractivity contribution in [3.8, 4) is 17.2 Å². The summed E-state index contributed by atoms with van der Waals surface area (Å²) in [6.07, 6.45) is 0. The van der Waals surface area contributed by atoms with Crippen LogP contribution >= 0.6 is 0 Å². The first-order valence-corrected chi connectivity index (χ1v) is 6.25. The molecule has 0 aliphatic heterocycles. The maximum atomic E-state index is 8.83. The molecule has 102 valence electrons. The number of nitrogens with two attached hydrogens (primary N) is 2. The summed E-state index contributed by atoms with van der Waals surface area (Å²) in [4.78, 5) is 8.24. The van der Waals surface area contributed by atoms with Crippen molar-refractivity contribution in [2.75, 3.05) is 11.2 Å². The van der Waals surface area contributed by atoms with Gasteiger partial charge in [-0.15, -0.1) is 0 Å². The van der Waals surface area contributed by atoms with E-state index in [1.165, 1.54) is 0 Å². The number of nitrogen functional groups attached to an aromatic ring is 2. The first kappa shape index (κ1) is 12.8. The van der Waals surface area contributed by atoms with Crippen molar-refractivity contribution in [2.45, 2.75) is 0 Å². The van der Waals surface area contributed by atoms with Crippen LogP contribution in [0.5, 0.6) is 0 Å². The number of hydrazine groups is 1. The van der Waals surface area contributed by atoms with Gasteiger partial charge in [0.15, 0.2) is 5.82 Å². The van der Waals surface area contributed by atoms with Crippen LogP contribution in [0.15, 0.2) is 42.5 Å². The summed E-state index contributed by atoms with van der Waals surface area (Å²) < 4.78 is 0. The predicted octanol–water partition coefficient (Wildman–Crippen LogP) is 2.04. The van der Waals surface area contributed by atoms with E-state index in [0.717, 1.165) is 16.5 Å². The summed E-state index contributed by atoms with van der Waals surface area (Å²) in [5.74, 6) is 6.13. The van der Waals surface area contributed by atoms with Crippen LogP contribution in [0.2, 0.25) is 0 Å². The largest absolute Gasteiger partial charge is 0.368 e. The molecule has 0 spiro atoms. The van der Waals surface area contributed by atoms with Crippen LogP contribution in [-0.2, 0) is 0 Å². The topological polar surface area (TPSA) is 114 Å². The van der Waals surface area contributed by atoms with Gasteiger partial charge >= 0.3 is 0 Å². The van der Waals surface area contributed by atoms with Crippen molar-refractivity contribution < 1.29 is 0 Å². The molecule has 0 atom stereocenters. The fourth-order valence-electron chi connectivity index (χ4n) is 2.17. The molecule has 3 rings (SSSR count). The Morgan fingerprint density at radius 1 is 1.00 bits per heavy atom. The number of aromatic nitrogens is 2. The molecule has 0 radical (unpaired) electrons. The molecule has 5 N–H and O–H groups in total. The van der Waals surface area contributed by atoms with E-state index in [1.54, 1.807) is 12.1 Å². The zero-order valence-electron chi connectivity index (χ0n) is 11.0. The molecule has 1 heterocycles. The van der Waals surface area contributed by atoms with Crippen LogP contribution in [0.4, 0.5) is 11.8 Å². The summed E-state index contributed by atoms with van der Waals surface area (Å²) in [6, 6.07) is 15.2. The second-order valence-electron chi connectivity index (χ2n) is 4.50. The van der Waals surface area contributed by atoms with E-state index in [1.807, 2.05) is 30.3 Å². The Bertz CT molecular complexity index is 848. The highest BCUT2D eigenvalue weighted by Crippen LogP contribution is 2.27. The highest BCUT2D eigenvalue weighted by molar-refractivity contribution is 5.93. The van der Waals surface area contributed by atoms with E-state index < -0.39 is 0 Å². The quantitative estimate of drug-likeness (QED) is 0.487. The Balaban J connectivity index is 2.16. The number of hydrogen-bond donors (Lipinski definition) is 3. The third-order valence-corrected chi connectivity index (χ3v) is 3.20. The third-order valence-electron chi connectivity index (χ3n) is 3.20. The Hall–Kier alpha value is -3.17. The SMILES string of the molecule is N#Cc1ccc(-c2ccc3nc(N)nc(NN)c3c2)cc1. The molecule has 0 saturated carbocycles. The van der Waals surface area contributed by atoms with Crippen molar-refractivity contribution in [3.63, 3.8) is 0 Å². The average Bonchev–Trinajstić information content (AvgIpc) is 2.53. The van der Waals surface area contributed by atoms with E-state index >= 15 is 0 Å². The van der Waals surface area contributed by atoms with E-state index in [0.29, 0.717) is 16.9 Å². The van der Waals surface area contributed by atoms with E-state index in [4.69, 9.17) is 16.8 Å². The van der Waals surface area contributed by atoms with Gasteiger partial charge in [0.25, 0.3) is 0 Å². The van der Waals surface area contributed by atoms with Crippen LogP contribution in [0.1, 0.15) is 5.56 Å². The summed E-state index contributed by atoms with van der Waals surface area (Å²) in [5, 5.41) is 9.62. The number of nitriles is 1. The van der Waals surface area contributed by atoms with Crippen LogP contribution < -0.4 is 17.0 Å². The zero-order chi connectivity index (χ0) is 14.8. The summed E-state index contributed by atoms with van der Waals surface area (Å²) in [6.45, 7) is 0. The number of nitrogens with one attached hydrogen (secondary N) is 1. The van der Waals surface area contributed by atoms with Gasteiger partial charge in [-0.05, 0) is 35.4 Å². The molecule has 1 aromatic heterocycles. The monoisotopic (exact) mass is 276 g/mol. The van der Waals surface area contributed by atoms with E-state index in [9.17, 15) is 0 Å². The molecule has 0 saturated heterocycles. The molecule has 6 nitrogen and oxygen atoms in total. The van der Waals surface area contributed by atoms with Crippen LogP contribution in [0.25, 0.3) is 22.0 Å². The molecule has 0 bridgehead atoms. The standard InChI is InChI=1S/C15H12N6/c16-8-9-1-3-10(4-2-9)11-5-6-13-12(7-11)14(21-18)20-15(17)19-13/h1-7H,18H2,(H3,17,19,20,21). The molecule has 21 heavy (non-hydrogen) atoms. The minimum Gasteiger partial charge on any atom is -0.368 e. The molecule has 0 aliphatic rings. The lowest BCUT2D eigenvalue weighted by Gasteiger charge is -2.08. The van der Waals surface area contributed by atoms with Crippen molar-refractivity contribution in [3.05, 3.63) is 48.0 Å². The van der Waals surface area contributed by atoms with Gasteiger partial charge in [0.1, 0.15) is 0 Å². The van der Waals surface area contributed by atoms with Crippen LogP contribution in [-0.4, -0.2) is 9.97 Å². The van der Waals surface area contributed by atoms with Gasteiger partial charge in [-0.25, -0.2) is 10.8 Å². The fraction of sp³-hybridized carbons (Fsp3) is 0. The van der Waals surface area contributed by atoms with Gasteiger partial charge in [0, 0.05) is 5.39 Å². The van der Waals surface area contributed by atoms with Crippen molar-refractivity contribution in [1.29, 1.82) is 5.26 Å². The number of hydrogen-bond acceptors (Lipinski definition) is 6. The first-order valence-electron chi connectivity index (χ1n) is 6.25. The van der Waals surface area contributed by atoms with Gasteiger partial charge in [0.05, 0.1) is 17.1 Å². The molecular weight excluding hydrogens is 264 g/mol. The molecule has 0 fully saturated rings. The summed E-state index contributed by atoms with van der Waals surface area (Å²) in [5.41, 5.74) is 11.5. The maximum Gasteiger partial charge on any atom is 0.222 e. The minimum atomic E-state index is 0.168. The fourth-order valence-corrected chi connectivity index (χ4v) is 2.17. The second-order valence-corrected chi connectivity index (χ2v) is 4.50.